The standard InChI is InChI=1S/C12H16N2O/c1-14-12(8-11(13)15)6-9-4-2-3-5-10(9)7-12/h2-5,14H,6-8H2,1H3,(H2,13,15). The number of nitrogens with one attached hydrogen (secondary N) is 1. The van der Waals surface area contributed by atoms with Gasteiger partial charge in [-0.25, -0.2) is 0 Å². The van der Waals surface area contributed by atoms with Crippen molar-refractivity contribution < 1.29 is 4.79 Å². The molecule has 1 aromatic rings. The second-order valence-electron chi connectivity index (χ2n) is 4.30. The highest BCUT2D eigenvalue weighted by Gasteiger charge is 2.36. The van der Waals surface area contributed by atoms with Gasteiger partial charge in [0.1, 0.15) is 0 Å². The largest absolute Gasteiger partial charge is 0.370 e. The molecule has 0 bridgehead atoms. The minimum Gasteiger partial charge on any atom is -0.370 e. The summed E-state index contributed by atoms with van der Waals surface area (Å²) in [6, 6.07) is 8.31. The maximum absolute atomic E-state index is 11.1. The van der Waals surface area contributed by atoms with Crippen LogP contribution in [0.2, 0.25) is 0 Å². The molecule has 3 N–H and O–H groups in total. The molecule has 0 aromatic heterocycles. The number of fused-ring (bicyclic) bond motifs is 1. The van der Waals surface area contributed by atoms with E-state index in [1.54, 1.807) is 0 Å². The monoisotopic (exact) mass is 204 g/mol. The Morgan fingerprint density at radius 2 is 1.93 bits per heavy atom. The third-order valence-corrected chi connectivity index (χ3v) is 3.22. The predicted molar refractivity (Wildman–Crippen MR) is 59.5 cm³/mol. The van der Waals surface area contributed by atoms with E-state index < -0.39 is 0 Å². The molecule has 0 fully saturated rings. The van der Waals surface area contributed by atoms with Crippen molar-refractivity contribution in [3.8, 4) is 0 Å². The van der Waals surface area contributed by atoms with Gasteiger partial charge in [-0.15, -0.1) is 0 Å². The van der Waals surface area contributed by atoms with Crippen molar-refractivity contribution in [1.82, 2.24) is 5.32 Å². The van der Waals surface area contributed by atoms with Gasteiger partial charge < -0.3 is 11.1 Å². The lowest BCUT2D eigenvalue weighted by molar-refractivity contribution is -0.119. The van der Waals surface area contributed by atoms with Crippen molar-refractivity contribution >= 4 is 5.91 Å². The molecule has 0 unspecified atom stereocenters. The predicted octanol–water partition coefficient (Wildman–Crippen LogP) is 0.619. The highest BCUT2D eigenvalue weighted by Crippen LogP contribution is 2.31. The second-order valence-corrected chi connectivity index (χ2v) is 4.30. The topological polar surface area (TPSA) is 55.1 Å². The van der Waals surface area contributed by atoms with Crippen LogP contribution in [0.1, 0.15) is 17.5 Å². The summed E-state index contributed by atoms with van der Waals surface area (Å²) >= 11 is 0. The molecule has 1 aromatic carbocycles. The van der Waals surface area contributed by atoms with Gasteiger partial charge in [0, 0.05) is 12.0 Å². The molecule has 2 rings (SSSR count). The molecule has 1 amide bonds. The first-order chi connectivity index (χ1) is 7.15. The van der Waals surface area contributed by atoms with Gasteiger partial charge in [-0.3, -0.25) is 4.79 Å². The third-order valence-electron chi connectivity index (χ3n) is 3.22. The molecular formula is C12H16N2O. The Morgan fingerprint density at radius 3 is 2.33 bits per heavy atom. The quantitative estimate of drug-likeness (QED) is 0.758. The fourth-order valence-electron chi connectivity index (χ4n) is 2.42. The molecule has 0 radical (unpaired) electrons. The van der Waals surface area contributed by atoms with Crippen LogP contribution in [0.15, 0.2) is 24.3 Å². The van der Waals surface area contributed by atoms with E-state index in [1.807, 2.05) is 19.2 Å². The van der Waals surface area contributed by atoms with E-state index in [1.165, 1.54) is 11.1 Å². The van der Waals surface area contributed by atoms with E-state index in [-0.39, 0.29) is 11.4 Å². The minimum atomic E-state index is -0.239. The zero-order chi connectivity index (χ0) is 10.9. The Balaban J connectivity index is 2.25. The maximum Gasteiger partial charge on any atom is 0.219 e. The Kier molecular flexibility index (Phi) is 2.49. The number of carbonyl (C=O) groups is 1. The molecule has 3 nitrogen and oxygen atoms in total. The summed E-state index contributed by atoms with van der Waals surface area (Å²) in [7, 11) is 1.90. The number of benzene rings is 1. The van der Waals surface area contributed by atoms with Crippen LogP contribution in [0.4, 0.5) is 0 Å². The Labute approximate surface area is 89.7 Å². The summed E-state index contributed by atoms with van der Waals surface area (Å²) in [6.07, 6.45) is 2.18. The van der Waals surface area contributed by atoms with Gasteiger partial charge in [0.2, 0.25) is 5.91 Å². The number of nitrogens with two attached hydrogens (primary N) is 1. The summed E-state index contributed by atoms with van der Waals surface area (Å²) in [5.74, 6) is -0.239. The average Bonchev–Trinajstić information content (AvgIpc) is 2.55. The molecule has 1 aliphatic rings. The van der Waals surface area contributed by atoms with Crippen LogP contribution in [0.3, 0.4) is 0 Å². The third kappa shape index (κ3) is 1.88. The van der Waals surface area contributed by atoms with Crippen LogP contribution in [0.5, 0.6) is 0 Å². The van der Waals surface area contributed by atoms with Crippen LogP contribution in [0, 0.1) is 0 Å². The SMILES string of the molecule is CNC1(CC(N)=O)Cc2ccccc2C1. The molecule has 80 valence electrons. The minimum absolute atomic E-state index is 0.157. The van der Waals surface area contributed by atoms with E-state index in [0.717, 1.165) is 12.8 Å². The normalized spacial score (nSPS) is 17.4. The molecule has 0 aliphatic heterocycles. The number of primary amides is 1. The van der Waals surface area contributed by atoms with Gasteiger partial charge in [-0.05, 0) is 31.0 Å². The molecule has 0 atom stereocenters. The van der Waals surface area contributed by atoms with Gasteiger partial charge in [-0.1, -0.05) is 24.3 Å². The van der Waals surface area contributed by atoms with Crippen LogP contribution in [0.25, 0.3) is 0 Å². The van der Waals surface area contributed by atoms with Crippen LogP contribution in [-0.4, -0.2) is 18.5 Å². The lowest BCUT2D eigenvalue weighted by atomic mass is 9.91. The first-order valence-electron chi connectivity index (χ1n) is 5.19. The summed E-state index contributed by atoms with van der Waals surface area (Å²) in [4.78, 5) is 11.1. The lowest BCUT2D eigenvalue weighted by Crippen LogP contribution is -2.46. The molecular weight excluding hydrogens is 188 g/mol. The van der Waals surface area contributed by atoms with Gasteiger partial charge in [0.05, 0.1) is 0 Å². The number of rotatable bonds is 3. The number of likely N-dealkylation sites (N-methyl/N-ethyl adjacent to an activating group) is 1. The van der Waals surface area contributed by atoms with E-state index in [4.69, 9.17) is 5.73 Å². The number of hydrogen-bond acceptors (Lipinski definition) is 2. The van der Waals surface area contributed by atoms with Gasteiger partial charge in [-0.2, -0.15) is 0 Å². The Hall–Kier alpha value is -1.35. The summed E-state index contributed by atoms with van der Waals surface area (Å²) in [5, 5.41) is 3.25. The van der Waals surface area contributed by atoms with Crippen molar-refractivity contribution in [1.29, 1.82) is 0 Å². The van der Waals surface area contributed by atoms with Crippen LogP contribution in [-0.2, 0) is 17.6 Å². The smallest absolute Gasteiger partial charge is 0.219 e. The summed E-state index contributed by atoms with van der Waals surface area (Å²) in [5.41, 5.74) is 7.79. The molecule has 0 saturated carbocycles. The van der Waals surface area contributed by atoms with E-state index in [2.05, 4.69) is 17.4 Å². The van der Waals surface area contributed by atoms with Gasteiger partial charge >= 0.3 is 0 Å². The van der Waals surface area contributed by atoms with Crippen molar-refractivity contribution in [3.05, 3.63) is 35.4 Å². The maximum atomic E-state index is 11.1. The zero-order valence-electron chi connectivity index (χ0n) is 8.92. The lowest BCUT2D eigenvalue weighted by Gasteiger charge is -2.27. The molecule has 3 heteroatoms. The highest BCUT2D eigenvalue weighted by atomic mass is 16.1. The molecule has 0 spiro atoms. The Bertz CT molecular complexity index is 362. The van der Waals surface area contributed by atoms with Gasteiger partial charge in [0.25, 0.3) is 0 Å². The molecule has 15 heavy (non-hydrogen) atoms. The number of carbonyl (C=O) groups excluding carboxylic acids is 1. The zero-order valence-corrected chi connectivity index (χ0v) is 8.92. The fraction of sp³-hybridized carbons (Fsp3) is 0.417. The summed E-state index contributed by atoms with van der Waals surface area (Å²) in [6.45, 7) is 0. The van der Waals surface area contributed by atoms with Crippen molar-refractivity contribution in [2.75, 3.05) is 7.05 Å². The van der Waals surface area contributed by atoms with Crippen LogP contribution < -0.4 is 11.1 Å². The van der Waals surface area contributed by atoms with Gasteiger partial charge in [0.15, 0.2) is 0 Å². The van der Waals surface area contributed by atoms with Crippen molar-refractivity contribution in [3.63, 3.8) is 0 Å². The first kappa shape index (κ1) is 10.2. The van der Waals surface area contributed by atoms with E-state index >= 15 is 0 Å². The Morgan fingerprint density at radius 1 is 1.40 bits per heavy atom. The first-order valence-corrected chi connectivity index (χ1v) is 5.19. The number of hydrogen-bond donors (Lipinski definition) is 2. The molecule has 0 heterocycles. The van der Waals surface area contributed by atoms with E-state index in [9.17, 15) is 4.79 Å². The number of amides is 1. The van der Waals surface area contributed by atoms with Crippen LogP contribution >= 0.6 is 0 Å². The van der Waals surface area contributed by atoms with Crippen molar-refractivity contribution in [2.24, 2.45) is 5.73 Å². The second kappa shape index (κ2) is 3.66. The highest BCUT2D eigenvalue weighted by molar-refractivity contribution is 5.75. The summed E-state index contributed by atoms with van der Waals surface area (Å²) < 4.78 is 0. The van der Waals surface area contributed by atoms with Crippen molar-refractivity contribution in [2.45, 2.75) is 24.8 Å². The fourth-order valence-corrected chi connectivity index (χ4v) is 2.42. The molecule has 0 saturated heterocycles. The van der Waals surface area contributed by atoms with E-state index in [0.29, 0.717) is 6.42 Å². The average molecular weight is 204 g/mol. The molecule has 1 aliphatic carbocycles.